The molecule has 19 heavy (non-hydrogen) atoms. The molecular weight excluding hydrogens is 283 g/mol. The molecule has 0 aliphatic heterocycles. The molecule has 4 nitrogen and oxygen atoms in total. The summed E-state index contributed by atoms with van der Waals surface area (Å²) in [7, 11) is -4.38. The van der Waals surface area contributed by atoms with Gasteiger partial charge in [0.15, 0.2) is 0 Å². The Morgan fingerprint density at radius 3 is 1.53 bits per heavy atom. The molecule has 0 radical (unpaired) electrons. The summed E-state index contributed by atoms with van der Waals surface area (Å²) >= 11 is 0. The predicted octanol–water partition coefficient (Wildman–Crippen LogP) is 4.30. The average Bonchev–Trinajstić information content (AvgIpc) is 2.25. The van der Waals surface area contributed by atoms with Crippen molar-refractivity contribution in [1.29, 1.82) is 0 Å². The van der Waals surface area contributed by atoms with E-state index in [-0.39, 0.29) is 0 Å². The molecule has 0 saturated carbocycles. The summed E-state index contributed by atoms with van der Waals surface area (Å²) in [5.41, 5.74) is 0. The van der Waals surface area contributed by atoms with Gasteiger partial charge in [-0.1, -0.05) is 0 Å². The van der Waals surface area contributed by atoms with E-state index in [1.165, 1.54) is 0 Å². The van der Waals surface area contributed by atoms with Crippen LogP contribution < -0.4 is 0 Å². The van der Waals surface area contributed by atoms with E-state index in [9.17, 15) is 13.0 Å². The number of rotatable bonds is 11. The Kier molecular flexibility index (Phi) is 8.04. The van der Waals surface area contributed by atoms with Gasteiger partial charge in [0.05, 0.1) is 0 Å². The molecule has 0 heterocycles. The van der Waals surface area contributed by atoms with Gasteiger partial charge in [0.1, 0.15) is 0 Å². The Bertz CT molecular complexity index is 334. The van der Waals surface area contributed by atoms with Crippen molar-refractivity contribution in [3.8, 4) is 0 Å². The molecule has 0 fully saturated rings. The van der Waals surface area contributed by atoms with Gasteiger partial charge < -0.3 is 0 Å². The topological polar surface area (TPSA) is 63.6 Å². The molecule has 118 valence electrons. The Morgan fingerprint density at radius 2 is 1.26 bits per heavy atom. The normalized spacial score (nSPS) is 15.1. The van der Waals surface area contributed by atoms with Gasteiger partial charge >= 0.3 is 119 Å². The molecule has 0 aromatic carbocycles. The minimum atomic E-state index is -4.38. The van der Waals surface area contributed by atoms with Crippen molar-refractivity contribution in [1.82, 2.24) is 0 Å². The fourth-order valence-electron chi connectivity index (χ4n) is 3.34. The van der Waals surface area contributed by atoms with Gasteiger partial charge in [-0.15, -0.1) is 0 Å². The number of unbranched alkanes of at least 4 members (excludes halogenated alkanes) is 1. The molecule has 0 bridgehead atoms. The van der Waals surface area contributed by atoms with Gasteiger partial charge in [0.2, 0.25) is 0 Å². The van der Waals surface area contributed by atoms with Crippen LogP contribution in [0.2, 0.25) is 0 Å². The molecule has 1 N–H and O–H groups in total. The Labute approximate surface area is 119 Å². The zero-order chi connectivity index (χ0) is 15.0. The van der Waals surface area contributed by atoms with Gasteiger partial charge in [0, 0.05) is 0 Å². The average molecular weight is 314 g/mol. The van der Waals surface area contributed by atoms with Crippen LogP contribution in [0.3, 0.4) is 0 Å². The fraction of sp³-hybridized carbons (Fsp3) is 1.00. The summed E-state index contributed by atoms with van der Waals surface area (Å²) in [5.74, 6) is 0. The fourth-order valence-corrected chi connectivity index (χ4v) is 12.5. The van der Waals surface area contributed by atoms with Gasteiger partial charge in [-0.3, -0.25) is 0 Å². The van der Waals surface area contributed by atoms with Gasteiger partial charge in [0.25, 0.3) is 0 Å². The third-order valence-electron chi connectivity index (χ3n) is 3.75. The zero-order valence-electron chi connectivity index (χ0n) is 12.9. The molecule has 0 rings (SSSR count). The van der Waals surface area contributed by atoms with E-state index in [0.29, 0.717) is 0 Å². The number of hydrogen-bond acceptors (Lipinski definition) is 3. The van der Waals surface area contributed by atoms with Crippen molar-refractivity contribution in [2.45, 2.75) is 59.8 Å². The van der Waals surface area contributed by atoms with Crippen LogP contribution in [-0.2, 0) is 14.4 Å². The third kappa shape index (κ3) is 6.07. The first-order valence-electron chi connectivity index (χ1n) is 7.46. The van der Waals surface area contributed by atoms with Crippen molar-refractivity contribution < 1.29 is 16.9 Å². The van der Waals surface area contributed by atoms with Crippen LogP contribution in [0, 0.1) is 0 Å². The van der Waals surface area contributed by atoms with Crippen molar-refractivity contribution in [2.75, 3.05) is 24.6 Å². The van der Waals surface area contributed by atoms with Gasteiger partial charge in [-0.25, -0.2) is 0 Å². The predicted molar refractivity (Wildman–Crippen MR) is 84.8 cm³/mol. The minimum absolute atomic E-state index is 0.799. The first kappa shape index (κ1) is 19.3. The van der Waals surface area contributed by atoms with Crippen LogP contribution in [0.5, 0.6) is 0 Å². The molecule has 0 saturated heterocycles. The summed E-state index contributed by atoms with van der Waals surface area (Å²) in [4.78, 5) is 0. The first-order chi connectivity index (χ1) is 8.76. The monoisotopic (exact) mass is 314 g/mol. The van der Waals surface area contributed by atoms with Gasteiger partial charge in [-0.2, -0.15) is 0 Å². The van der Waals surface area contributed by atoms with E-state index in [2.05, 4.69) is 27.7 Å². The quantitative estimate of drug-likeness (QED) is 0.456. The molecule has 0 spiro atoms. The second-order valence-electron chi connectivity index (χ2n) is 5.61. The van der Waals surface area contributed by atoms with Crippen molar-refractivity contribution in [3.05, 3.63) is 0 Å². The third-order valence-corrected chi connectivity index (χ3v) is 12.4. The molecule has 0 aromatic rings. The second-order valence-corrected chi connectivity index (χ2v) is 12.6. The molecule has 0 atom stereocenters. The summed E-state index contributed by atoms with van der Waals surface area (Å²) in [5, 5.41) is 0. The molecule has 6 heteroatoms. The molecule has 0 aliphatic rings. The van der Waals surface area contributed by atoms with Crippen LogP contribution in [-0.4, -0.2) is 37.6 Å². The van der Waals surface area contributed by atoms with E-state index in [4.69, 9.17) is 3.97 Å². The Balaban J connectivity index is 5.62. The van der Waals surface area contributed by atoms with Crippen molar-refractivity contribution >= 4 is 17.2 Å². The summed E-state index contributed by atoms with van der Waals surface area (Å²) in [6.45, 7) is 5.46. The standard InChI is InChI=1S/C13H31O4PS/c1-5-9-13-18(10-6-2,11-7-3,12-8-4)17-19(14,15)16/h5-13H2,1-4H3,(H,14,15,16). The molecule has 0 unspecified atom stereocenters. The Hall–Kier alpha value is 0.300. The van der Waals surface area contributed by atoms with Crippen LogP contribution in [0.25, 0.3) is 0 Å². The second kappa shape index (κ2) is 7.92. The van der Waals surface area contributed by atoms with Gasteiger partial charge in [-0.05, 0) is 0 Å². The maximum absolute atomic E-state index is 11.4. The van der Waals surface area contributed by atoms with E-state index >= 15 is 0 Å². The van der Waals surface area contributed by atoms with Crippen LogP contribution in [0.15, 0.2) is 0 Å². The van der Waals surface area contributed by atoms with Crippen LogP contribution in [0.1, 0.15) is 59.8 Å². The summed E-state index contributed by atoms with van der Waals surface area (Å²) in [6.07, 6.45) is 7.90. The summed E-state index contributed by atoms with van der Waals surface area (Å²) in [6, 6.07) is 0. The Morgan fingerprint density at radius 1 is 0.842 bits per heavy atom. The molecule has 0 amide bonds. The van der Waals surface area contributed by atoms with E-state index in [1.54, 1.807) is 0 Å². The summed E-state index contributed by atoms with van der Waals surface area (Å²) < 4.78 is 37.6. The van der Waals surface area contributed by atoms with Crippen LogP contribution in [0.4, 0.5) is 0 Å². The zero-order valence-corrected chi connectivity index (χ0v) is 14.6. The molecule has 0 aromatic heterocycles. The number of hydrogen-bond donors (Lipinski definition) is 1. The SMILES string of the molecule is CCCCP(CCC)(CCC)(CCC)OS(=O)(=O)O. The van der Waals surface area contributed by atoms with Crippen molar-refractivity contribution in [2.24, 2.45) is 0 Å². The van der Waals surface area contributed by atoms with E-state index in [0.717, 1.165) is 56.8 Å². The maximum atomic E-state index is 11.4. The van der Waals surface area contributed by atoms with E-state index < -0.39 is 17.2 Å². The molecular formula is C13H31O4PS. The van der Waals surface area contributed by atoms with E-state index in [1.807, 2.05) is 0 Å². The first-order valence-corrected chi connectivity index (χ1v) is 11.7. The van der Waals surface area contributed by atoms with Crippen molar-refractivity contribution in [3.63, 3.8) is 0 Å². The van der Waals surface area contributed by atoms with Crippen LogP contribution >= 0.6 is 6.83 Å². The molecule has 0 aliphatic carbocycles.